The molecule has 4 fully saturated rings. The standard InChI is InChI=1S/C23H27N3O4/c24-13-15-1-3-19(4-2-15)26-20(27)14-30-21(28)5-6-25-22(29)23-10-16-7-17(11-23)9-18(8-16)12-23/h1-4,16-18H,5-12,14H2,(H,25,29)(H,26,27). The Hall–Kier alpha value is -2.88. The predicted octanol–water partition coefficient (Wildman–Crippen LogP) is 2.76. The van der Waals surface area contributed by atoms with Gasteiger partial charge in [-0.25, -0.2) is 0 Å². The topological polar surface area (TPSA) is 108 Å². The fourth-order valence-corrected chi connectivity index (χ4v) is 5.90. The monoisotopic (exact) mass is 409 g/mol. The summed E-state index contributed by atoms with van der Waals surface area (Å²) in [5.74, 6) is 1.21. The number of nitrogens with one attached hydrogen (secondary N) is 2. The van der Waals surface area contributed by atoms with Crippen LogP contribution in [-0.2, 0) is 19.1 Å². The molecule has 2 N–H and O–H groups in total. The van der Waals surface area contributed by atoms with Gasteiger partial charge in [0.25, 0.3) is 5.91 Å². The van der Waals surface area contributed by atoms with Crippen LogP contribution in [0.5, 0.6) is 0 Å². The molecule has 0 saturated heterocycles. The maximum absolute atomic E-state index is 12.8. The van der Waals surface area contributed by atoms with Crippen LogP contribution in [0.2, 0.25) is 0 Å². The van der Waals surface area contributed by atoms with Crippen molar-refractivity contribution in [3.8, 4) is 6.07 Å². The summed E-state index contributed by atoms with van der Waals surface area (Å²) in [6.07, 6.45) is 6.86. The number of amides is 2. The Morgan fingerprint density at radius 3 is 2.20 bits per heavy atom. The van der Waals surface area contributed by atoms with E-state index in [1.54, 1.807) is 24.3 Å². The van der Waals surface area contributed by atoms with Crippen LogP contribution < -0.4 is 10.6 Å². The Balaban J connectivity index is 1.16. The van der Waals surface area contributed by atoms with E-state index < -0.39 is 11.9 Å². The third-order valence-electron chi connectivity index (χ3n) is 6.80. The highest BCUT2D eigenvalue weighted by Crippen LogP contribution is 2.60. The van der Waals surface area contributed by atoms with E-state index in [0.717, 1.165) is 19.3 Å². The lowest BCUT2D eigenvalue weighted by molar-refractivity contribution is -0.148. The third-order valence-corrected chi connectivity index (χ3v) is 6.80. The van der Waals surface area contributed by atoms with Crippen molar-refractivity contribution in [3.05, 3.63) is 29.8 Å². The Morgan fingerprint density at radius 2 is 1.63 bits per heavy atom. The number of benzene rings is 1. The minimum absolute atomic E-state index is 0.0439. The van der Waals surface area contributed by atoms with Crippen molar-refractivity contribution in [2.75, 3.05) is 18.5 Å². The fourth-order valence-electron chi connectivity index (χ4n) is 5.90. The fraction of sp³-hybridized carbons (Fsp3) is 0.565. The summed E-state index contributed by atoms with van der Waals surface area (Å²) in [6.45, 7) is -0.154. The number of nitriles is 1. The molecule has 0 aromatic heterocycles. The summed E-state index contributed by atoms with van der Waals surface area (Å²) >= 11 is 0. The van der Waals surface area contributed by atoms with Gasteiger partial charge in [-0.2, -0.15) is 5.26 Å². The van der Waals surface area contributed by atoms with Gasteiger partial charge in [0, 0.05) is 17.6 Å². The average molecular weight is 409 g/mol. The van der Waals surface area contributed by atoms with Crippen molar-refractivity contribution < 1.29 is 19.1 Å². The first kappa shape index (κ1) is 20.4. The molecule has 4 bridgehead atoms. The van der Waals surface area contributed by atoms with Gasteiger partial charge in [-0.05, 0) is 80.5 Å². The van der Waals surface area contributed by atoms with E-state index >= 15 is 0 Å². The molecule has 4 aliphatic carbocycles. The van der Waals surface area contributed by atoms with Crippen molar-refractivity contribution in [2.45, 2.75) is 44.9 Å². The highest BCUT2D eigenvalue weighted by Gasteiger charge is 2.54. The molecule has 158 valence electrons. The Morgan fingerprint density at radius 1 is 1.03 bits per heavy atom. The minimum Gasteiger partial charge on any atom is -0.456 e. The molecular formula is C23H27N3O4. The number of esters is 1. The van der Waals surface area contributed by atoms with Gasteiger partial charge in [-0.15, -0.1) is 0 Å². The lowest BCUT2D eigenvalue weighted by Gasteiger charge is -2.55. The molecule has 4 aliphatic rings. The predicted molar refractivity (Wildman–Crippen MR) is 109 cm³/mol. The van der Waals surface area contributed by atoms with Crippen LogP contribution in [0.1, 0.15) is 50.5 Å². The van der Waals surface area contributed by atoms with Crippen LogP contribution in [0.4, 0.5) is 5.69 Å². The number of carbonyl (C=O) groups excluding carboxylic acids is 3. The van der Waals surface area contributed by atoms with Gasteiger partial charge in [-0.3, -0.25) is 14.4 Å². The first-order valence-corrected chi connectivity index (χ1v) is 10.7. The molecule has 1 aromatic carbocycles. The number of carbonyl (C=O) groups is 3. The van der Waals surface area contributed by atoms with E-state index in [2.05, 4.69) is 10.6 Å². The second kappa shape index (κ2) is 8.47. The van der Waals surface area contributed by atoms with Gasteiger partial charge in [-0.1, -0.05) is 0 Å². The quantitative estimate of drug-likeness (QED) is 0.673. The number of rotatable bonds is 7. The first-order chi connectivity index (χ1) is 14.5. The second-order valence-corrected chi connectivity index (χ2v) is 9.10. The molecular weight excluding hydrogens is 382 g/mol. The maximum atomic E-state index is 12.8. The second-order valence-electron chi connectivity index (χ2n) is 9.10. The largest absolute Gasteiger partial charge is 0.456 e. The first-order valence-electron chi connectivity index (χ1n) is 10.7. The van der Waals surface area contributed by atoms with Gasteiger partial charge < -0.3 is 15.4 Å². The Bertz CT molecular complexity index is 836. The summed E-state index contributed by atoms with van der Waals surface area (Å²) in [7, 11) is 0. The van der Waals surface area contributed by atoms with E-state index in [4.69, 9.17) is 10.00 Å². The van der Waals surface area contributed by atoms with Crippen molar-refractivity contribution in [3.63, 3.8) is 0 Å². The maximum Gasteiger partial charge on any atom is 0.308 e. The SMILES string of the molecule is N#Cc1ccc(NC(=O)COC(=O)CCNC(=O)C23CC4CC(CC(C4)C2)C3)cc1. The molecule has 0 unspecified atom stereocenters. The summed E-state index contributed by atoms with van der Waals surface area (Å²) in [5, 5.41) is 14.3. The van der Waals surface area contributed by atoms with Crippen LogP contribution in [0.15, 0.2) is 24.3 Å². The smallest absolute Gasteiger partial charge is 0.308 e. The third kappa shape index (κ3) is 4.48. The van der Waals surface area contributed by atoms with E-state index in [1.807, 2.05) is 6.07 Å². The molecule has 2 amide bonds. The van der Waals surface area contributed by atoms with Gasteiger partial charge in [0.15, 0.2) is 6.61 Å². The van der Waals surface area contributed by atoms with Gasteiger partial charge >= 0.3 is 5.97 Å². The number of hydrogen-bond acceptors (Lipinski definition) is 5. The number of nitrogens with zero attached hydrogens (tertiary/aromatic N) is 1. The zero-order chi connectivity index (χ0) is 21.1. The molecule has 0 atom stereocenters. The molecule has 30 heavy (non-hydrogen) atoms. The van der Waals surface area contributed by atoms with E-state index in [1.165, 1.54) is 19.3 Å². The normalized spacial score (nSPS) is 28.4. The molecule has 4 saturated carbocycles. The zero-order valence-electron chi connectivity index (χ0n) is 17.0. The summed E-state index contributed by atoms with van der Waals surface area (Å²) in [5.41, 5.74) is 0.799. The van der Waals surface area contributed by atoms with Gasteiger partial charge in [0.05, 0.1) is 18.1 Å². The molecule has 0 aliphatic heterocycles. The van der Waals surface area contributed by atoms with E-state index in [9.17, 15) is 14.4 Å². The van der Waals surface area contributed by atoms with Gasteiger partial charge in [0.2, 0.25) is 5.91 Å². The van der Waals surface area contributed by atoms with E-state index in [0.29, 0.717) is 29.0 Å². The van der Waals surface area contributed by atoms with E-state index in [-0.39, 0.29) is 30.9 Å². The van der Waals surface area contributed by atoms with Crippen LogP contribution in [-0.4, -0.2) is 30.9 Å². The average Bonchev–Trinajstić information content (AvgIpc) is 2.72. The van der Waals surface area contributed by atoms with Crippen LogP contribution in [0.25, 0.3) is 0 Å². The summed E-state index contributed by atoms with van der Waals surface area (Å²) < 4.78 is 5.00. The molecule has 0 radical (unpaired) electrons. The molecule has 7 nitrogen and oxygen atoms in total. The molecule has 7 heteroatoms. The molecule has 1 aromatic rings. The molecule has 5 rings (SSSR count). The van der Waals surface area contributed by atoms with Crippen molar-refractivity contribution in [1.29, 1.82) is 5.26 Å². The summed E-state index contributed by atoms with van der Waals surface area (Å²) in [6, 6.07) is 8.40. The van der Waals surface area contributed by atoms with Crippen molar-refractivity contribution in [1.82, 2.24) is 5.32 Å². The minimum atomic E-state index is -0.518. The number of ether oxygens (including phenoxy) is 1. The number of hydrogen-bond donors (Lipinski definition) is 2. The number of anilines is 1. The van der Waals surface area contributed by atoms with Crippen LogP contribution >= 0.6 is 0 Å². The molecule has 0 heterocycles. The Kier molecular flexibility index (Phi) is 5.76. The van der Waals surface area contributed by atoms with Crippen molar-refractivity contribution in [2.24, 2.45) is 23.2 Å². The van der Waals surface area contributed by atoms with Crippen molar-refractivity contribution >= 4 is 23.5 Å². The highest BCUT2D eigenvalue weighted by atomic mass is 16.5. The van der Waals surface area contributed by atoms with Gasteiger partial charge in [0.1, 0.15) is 0 Å². The summed E-state index contributed by atoms with van der Waals surface area (Å²) in [4.78, 5) is 36.7. The van der Waals surface area contributed by atoms with Crippen LogP contribution in [0, 0.1) is 34.5 Å². The zero-order valence-corrected chi connectivity index (χ0v) is 17.0. The van der Waals surface area contributed by atoms with Crippen LogP contribution in [0.3, 0.4) is 0 Å². The molecule has 0 spiro atoms. The highest BCUT2D eigenvalue weighted by molar-refractivity contribution is 5.92. The lowest BCUT2D eigenvalue weighted by atomic mass is 9.49. The Labute approximate surface area is 176 Å². The lowest BCUT2D eigenvalue weighted by Crippen LogP contribution is -2.53.